The molecule has 20 heavy (non-hydrogen) atoms. The molecule has 0 spiro atoms. The molecule has 1 heterocycles. The molecule has 1 amide bonds. The summed E-state index contributed by atoms with van der Waals surface area (Å²) in [6.45, 7) is 6.05. The van der Waals surface area contributed by atoms with Crippen LogP contribution in [0.5, 0.6) is 5.75 Å². The van der Waals surface area contributed by atoms with Crippen molar-refractivity contribution in [2.24, 2.45) is 5.92 Å². The maximum atomic E-state index is 11.2. The van der Waals surface area contributed by atoms with E-state index in [9.17, 15) is 4.79 Å². The summed E-state index contributed by atoms with van der Waals surface area (Å²) >= 11 is 0. The summed E-state index contributed by atoms with van der Waals surface area (Å²) in [5.74, 6) is 2.18. The first-order chi connectivity index (χ1) is 9.65. The second-order valence-corrected chi connectivity index (χ2v) is 6.01. The maximum Gasteiger partial charge on any atom is 0.220 e. The van der Waals surface area contributed by atoms with E-state index in [1.54, 1.807) is 0 Å². The maximum absolute atomic E-state index is 11.2. The molecular weight excluding hydrogens is 250 g/mol. The van der Waals surface area contributed by atoms with Crippen LogP contribution < -0.4 is 10.1 Å². The number of benzene rings is 1. The van der Waals surface area contributed by atoms with Crippen molar-refractivity contribution in [3.8, 4) is 5.75 Å². The summed E-state index contributed by atoms with van der Waals surface area (Å²) in [5, 5.41) is 2.87. The molecule has 0 aliphatic carbocycles. The summed E-state index contributed by atoms with van der Waals surface area (Å²) in [6, 6.07) is 8.18. The number of carbonyl (C=O) groups is 1. The van der Waals surface area contributed by atoms with E-state index in [4.69, 9.17) is 4.74 Å². The van der Waals surface area contributed by atoms with Gasteiger partial charge in [0.1, 0.15) is 5.75 Å². The molecule has 110 valence electrons. The lowest BCUT2D eigenvalue weighted by molar-refractivity contribution is -0.119. The van der Waals surface area contributed by atoms with Gasteiger partial charge in [-0.3, -0.25) is 4.79 Å². The van der Waals surface area contributed by atoms with Crippen molar-refractivity contribution < 1.29 is 9.53 Å². The Balaban J connectivity index is 1.73. The first-order valence-corrected chi connectivity index (χ1v) is 7.64. The molecule has 1 saturated heterocycles. The van der Waals surface area contributed by atoms with Gasteiger partial charge in [0, 0.05) is 18.9 Å². The number of nitrogens with one attached hydrogen (secondary N) is 1. The summed E-state index contributed by atoms with van der Waals surface area (Å²) in [5.41, 5.74) is 1.22. The third kappa shape index (κ3) is 4.55. The predicted molar refractivity (Wildman–Crippen MR) is 81.0 cm³/mol. The Kier molecular flexibility index (Phi) is 5.45. The molecule has 0 unspecified atom stereocenters. The third-order valence-electron chi connectivity index (χ3n) is 3.77. The van der Waals surface area contributed by atoms with E-state index >= 15 is 0 Å². The largest absolute Gasteiger partial charge is 0.494 e. The zero-order chi connectivity index (χ0) is 14.4. The van der Waals surface area contributed by atoms with Crippen molar-refractivity contribution in [1.29, 1.82) is 0 Å². The van der Waals surface area contributed by atoms with E-state index in [0.29, 0.717) is 12.3 Å². The normalized spacial score (nSPS) is 18.4. The fraction of sp³-hybridized carbons (Fsp3) is 0.588. The van der Waals surface area contributed by atoms with Crippen LogP contribution in [0.2, 0.25) is 0 Å². The number of rotatable bonds is 7. The van der Waals surface area contributed by atoms with Crippen LogP contribution in [-0.4, -0.2) is 19.1 Å². The fourth-order valence-corrected chi connectivity index (χ4v) is 2.52. The van der Waals surface area contributed by atoms with Crippen molar-refractivity contribution in [1.82, 2.24) is 5.32 Å². The van der Waals surface area contributed by atoms with Crippen LogP contribution >= 0.6 is 0 Å². The molecule has 0 aromatic heterocycles. The van der Waals surface area contributed by atoms with Crippen LogP contribution in [0.25, 0.3) is 0 Å². The van der Waals surface area contributed by atoms with E-state index in [1.165, 1.54) is 18.4 Å². The van der Waals surface area contributed by atoms with Gasteiger partial charge < -0.3 is 10.1 Å². The lowest BCUT2D eigenvalue weighted by Crippen LogP contribution is -2.13. The first-order valence-electron chi connectivity index (χ1n) is 7.64. The Hall–Kier alpha value is -1.51. The van der Waals surface area contributed by atoms with E-state index in [2.05, 4.69) is 31.3 Å². The number of ether oxygens (including phenoxy) is 1. The second kappa shape index (κ2) is 7.32. The van der Waals surface area contributed by atoms with Crippen LogP contribution in [0.3, 0.4) is 0 Å². The smallest absolute Gasteiger partial charge is 0.220 e. The average Bonchev–Trinajstić information content (AvgIpc) is 2.85. The van der Waals surface area contributed by atoms with Crippen molar-refractivity contribution in [2.45, 2.75) is 45.4 Å². The zero-order valence-electron chi connectivity index (χ0n) is 12.5. The molecule has 0 radical (unpaired) electrons. The Morgan fingerprint density at radius 3 is 2.60 bits per heavy atom. The van der Waals surface area contributed by atoms with Gasteiger partial charge in [0.2, 0.25) is 5.91 Å². The zero-order valence-corrected chi connectivity index (χ0v) is 12.5. The van der Waals surface area contributed by atoms with Crippen molar-refractivity contribution in [3.63, 3.8) is 0 Å². The van der Waals surface area contributed by atoms with Gasteiger partial charge in [-0.1, -0.05) is 32.4 Å². The minimum Gasteiger partial charge on any atom is -0.494 e. The quantitative estimate of drug-likeness (QED) is 0.773. The van der Waals surface area contributed by atoms with Crippen LogP contribution in [-0.2, 0) is 4.79 Å². The van der Waals surface area contributed by atoms with Gasteiger partial charge in [-0.15, -0.1) is 0 Å². The molecule has 1 aliphatic heterocycles. The lowest BCUT2D eigenvalue weighted by Gasteiger charge is -2.10. The molecule has 1 N–H and O–H groups in total. The highest BCUT2D eigenvalue weighted by atomic mass is 16.5. The molecule has 3 nitrogen and oxygen atoms in total. The first kappa shape index (κ1) is 14.9. The van der Waals surface area contributed by atoms with Crippen LogP contribution in [0.1, 0.15) is 51.0 Å². The molecule has 1 aliphatic rings. The van der Waals surface area contributed by atoms with Crippen molar-refractivity contribution >= 4 is 5.91 Å². The van der Waals surface area contributed by atoms with Gasteiger partial charge in [-0.2, -0.15) is 0 Å². The average molecular weight is 275 g/mol. The number of unbranched alkanes of at least 4 members (excludes halogenated alkanes) is 1. The second-order valence-electron chi connectivity index (χ2n) is 6.01. The van der Waals surface area contributed by atoms with Crippen molar-refractivity contribution in [3.05, 3.63) is 29.8 Å². The summed E-state index contributed by atoms with van der Waals surface area (Å²) in [6.07, 6.45) is 4.22. The predicted octanol–water partition coefficient (Wildman–Crippen LogP) is 3.50. The molecule has 3 heteroatoms. The minimum absolute atomic E-state index is 0.153. The van der Waals surface area contributed by atoms with Gasteiger partial charge in [-0.25, -0.2) is 0 Å². The number of hydrogen-bond donors (Lipinski definition) is 1. The number of amides is 1. The number of carbonyl (C=O) groups excluding carboxylic acids is 1. The summed E-state index contributed by atoms with van der Waals surface area (Å²) in [4.78, 5) is 11.2. The highest BCUT2D eigenvalue weighted by Crippen LogP contribution is 2.25. The molecular formula is C17H25NO2. The van der Waals surface area contributed by atoms with Crippen LogP contribution in [0.4, 0.5) is 0 Å². The minimum atomic E-state index is 0.153. The monoisotopic (exact) mass is 275 g/mol. The summed E-state index contributed by atoms with van der Waals surface area (Å²) in [7, 11) is 0. The van der Waals surface area contributed by atoms with Gasteiger partial charge in [0.15, 0.2) is 0 Å². The Morgan fingerprint density at radius 1 is 1.25 bits per heavy atom. The van der Waals surface area contributed by atoms with Gasteiger partial charge in [-0.05, 0) is 36.5 Å². The van der Waals surface area contributed by atoms with Crippen LogP contribution in [0.15, 0.2) is 24.3 Å². The highest BCUT2D eigenvalue weighted by molar-refractivity contribution is 5.79. The highest BCUT2D eigenvalue weighted by Gasteiger charge is 2.22. The van der Waals surface area contributed by atoms with Gasteiger partial charge in [0.05, 0.1) is 6.61 Å². The van der Waals surface area contributed by atoms with E-state index < -0.39 is 0 Å². The SMILES string of the molecule is CC(C)CCCCOc1ccc([C@@H]2CNC(=O)C2)cc1. The standard InChI is InChI=1S/C17H25NO2/c1-13(2)5-3-4-10-20-16-8-6-14(7-9-16)15-11-17(19)18-12-15/h6-9,13,15H,3-5,10-12H2,1-2H3,(H,18,19)/t15-/m0/s1. The molecule has 1 fully saturated rings. The third-order valence-corrected chi connectivity index (χ3v) is 3.77. The van der Waals surface area contributed by atoms with E-state index in [1.807, 2.05) is 12.1 Å². The molecule has 1 atom stereocenters. The van der Waals surface area contributed by atoms with E-state index in [-0.39, 0.29) is 5.91 Å². The van der Waals surface area contributed by atoms with Crippen molar-refractivity contribution in [2.75, 3.05) is 13.2 Å². The Labute approximate surface area is 121 Å². The number of hydrogen-bond acceptors (Lipinski definition) is 2. The molecule has 0 saturated carbocycles. The van der Waals surface area contributed by atoms with Crippen LogP contribution in [0, 0.1) is 5.92 Å². The van der Waals surface area contributed by atoms with Gasteiger partial charge in [0.25, 0.3) is 0 Å². The molecule has 1 aromatic rings. The van der Waals surface area contributed by atoms with E-state index in [0.717, 1.165) is 31.2 Å². The Morgan fingerprint density at radius 2 is 2.00 bits per heavy atom. The molecule has 1 aromatic carbocycles. The fourth-order valence-electron chi connectivity index (χ4n) is 2.52. The summed E-state index contributed by atoms with van der Waals surface area (Å²) < 4.78 is 5.74. The molecule has 0 bridgehead atoms. The van der Waals surface area contributed by atoms with Gasteiger partial charge >= 0.3 is 0 Å². The lowest BCUT2D eigenvalue weighted by atomic mass is 9.98. The molecule has 2 rings (SSSR count). The Bertz CT molecular complexity index is 425. The topological polar surface area (TPSA) is 38.3 Å².